The highest BCUT2D eigenvalue weighted by atomic mass is 32.1. The van der Waals surface area contributed by atoms with Crippen molar-refractivity contribution in [1.82, 2.24) is 4.98 Å². The topological polar surface area (TPSA) is 71.5 Å². The quantitative estimate of drug-likeness (QED) is 0.707. The summed E-state index contributed by atoms with van der Waals surface area (Å²) in [5.41, 5.74) is 5.05. The number of aryl methyl sites for hydroxylation is 3. The van der Waals surface area contributed by atoms with Crippen molar-refractivity contribution in [2.75, 3.05) is 23.4 Å². The SMILES string of the molecule is Cc1nc(-c2ccc3c(c2)N(CC(=O)Nc2c(C)cccc2C)C(=O)CO3)cs1. The lowest BCUT2D eigenvalue weighted by molar-refractivity contribution is -0.123. The molecule has 0 radical (unpaired) electrons. The zero-order valence-electron chi connectivity index (χ0n) is 16.5. The van der Waals surface area contributed by atoms with Gasteiger partial charge in [0.05, 0.1) is 16.4 Å². The molecule has 2 amide bonds. The molecule has 7 heteroatoms. The Bertz CT molecular complexity index is 1090. The lowest BCUT2D eigenvalue weighted by Crippen LogP contribution is -2.43. The number of hydrogen-bond donors (Lipinski definition) is 1. The number of rotatable bonds is 4. The fourth-order valence-corrected chi connectivity index (χ4v) is 3.99. The van der Waals surface area contributed by atoms with Gasteiger partial charge in [-0.3, -0.25) is 14.5 Å². The summed E-state index contributed by atoms with van der Waals surface area (Å²) in [4.78, 5) is 31.3. The van der Waals surface area contributed by atoms with Crippen molar-refractivity contribution < 1.29 is 14.3 Å². The molecule has 1 aromatic heterocycles. The van der Waals surface area contributed by atoms with Gasteiger partial charge in [0, 0.05) is 16.6 Å². The molecule has 0 atom stereocenters. The van der Waals surface area contributed by atoms with E-state index in [4.69, 9.17) is 4.74 Å². The number of carbonyl (C=O) groups excluding carboxylic acids is 2. The van der Waals surface area contributed by atoms with Crippen LogP contribution in [0.1, 0.15) is 16.1 Å². The largest absolute Gasteiger partial charge is 0.482 e. The third kappa shape index (κ3) is 3.86. The van der Waals surface area contributed by atoms with E-state index in [1.807, 2.05) is 62.5 Å². The Morgan fingerprint density at radius 1 is 1.21 bits per heavy atom. The van der Waals surface area contributed by atoms with E-state index in [1.165, 1.54) is 4.90 Å². The summed E-state index contributed by atoms with van der Waals surface area (Å²) < 4.78 is 5.56. The number of carbonyl (C=O) groups is 2. The molecule has 0 saturated heterocycles. The Balaban J connectivity index is 1.61. The van der Waals surface area contributed by atoms with Gasteiger partial charge in [0.25, 0.3) is 5.91 Å². The standard InChI is InChI=1S/C22H21N3O3S/c1-13-5-4-6-14(2)22(13)24-20(26)10-25-18-9-16(17-12-29-15(3)23-17)7-8-19(18)28-11-21(25)27/h4-9,12H,10-11H2,1-3H3,(H,24,26). The number of aromatic nitrogens is 1. The normalized spacial score (nSPS) is 13.1. The minimum Gasteiger partial charge on any atom is -0.482 e. The van der Waals surface area contributed by atoms with Crippen LogP contribution in [0.15, 0.2) is 41.8 Å². The number of anilines is 2. The van der Waals surface area contributed by atoms with Crippen LogP contribution in [-0.4, -0.2) is 29.9 Å². The van der Waals surface area contributed by atoms with Gasteiger partial charge in [0.15, 0.2) is 6.61 Å². The van der Waals surface area contributed by atoms with Gasteiger partial charge in [0.2, 0.25) is 5.91 Å². The van der Waals surface area contributed by atoms with Crippen LogP contribution in [0.5, 0.6) is 5.75 Å². The molecule has 1 N–H and O–H groups in total. The molecule has 0 aliphatic carbocycles. The molecule has 4 rings (SSSR count). The number of para-hydroxylation sites is 1. The summed E-state index contributed by atoms with van der Waals surface area (Å²) in [7, 11) is 0. The van der Waals surface area contributed by atoms with E-state index >= 15 is 0 Å². The van der Waals surface area contributed by atoms with E-state index in [0.717, 1.165) is 33.1 Å². The first-order valence-electron chi connectivity index (χ1n) is 9.28. The summed E-state index contributed by atoms with van der Waals surface area (Å²) in [5.74, 6) is 0.0828. The van der Waals surface area contributed by atoms with Gasteiger partial charge in [-0.25, -0.2) is 4.98 Å². The molecular formula is C22H21N3O3S. The van der Waals surface area contributed by atoms with Crippen LogP contribution in [0.3, 0.4) is 0 Å². The van der Waals surface area contributed by atoms with E-state index in [0.29, 0.717) is 11.4 Å². The molecule has 0 bridgehead atoms. The summed E-state index contributed by atoms with van der Waals surface area (Å²) in [6.45, 7) is 5.67. The predicted molar refractivity (Wildman–Crippen MR) is 115 cm³/mol. The van der Waals surface area contributed by atoms with Crippen LogP contribution >= 0.6 is 11.3 Å². The zero-order chi connectivity index (χ0) is 20.5. The summed E-state index contributed by atoms with van der Waals surface area (Å²) in [5, 5.41) is 5.88. The van der Waals surface area contributed by atoms with Crippen molar-refractivity contribution in [3.63, 3.8) is 0 Å². The maximum absolute atomic E-state index is 12.7. The fraction of sp³-hybridized carbons (Fsp3) is 0.227. The number of ether oxygens (including phenoxy) is 1. The number of amides is 2. The van der Waals surface area contributed by atoms with E-state index in [9.17, 15) is 9.59 Å². The molecule has 2 aromatic carbocycles. The van der Waals surface area contributed by atoms with Crippen molar-refractivity contribution in [2.45, 2.75) is 20.8 Å². The lowest BCUT2D eigenvalue weighted by atomic mass is 10.1. The van der Waals surface area contributed by atoms with Gasteiger partial charge in [-0.1, -0.05) is 18.2 Å². The maximum Gasteiger partial charge on any atom is 0.265 e. The summed E-state index contributed by atoms with van der Waals surface area (Å²) >= 11 is 1.57. The van der Waals surface area contributed by atoms with Gasteiger partial charge in [-0.2, -0.15) is 0 Å². The highest BCUT2D eigenvalue weighted by Crippen LogP contribution is 2.36. The van der Waals surface area contributed by atoms with Crippen LogP contribution in [0, 0.1) is 20.8 Å². The molecule has 148 valence electrons. The first-order chi connectivity index (χ1) is 13.9. The molecule has 0 fully saturated rings. The Kier molecular flexibility index (Phi) is 5.07. The van der Waals surface area contributed by atoms with Crippen molar-refractivity contribution in [3.8, 4) is 17.0 Å². The number of thiazole rings is 1. The minimum absolute atomic E-state index is 0.0808. The van der Waals surface area contributed by atoms with Crippen LogP contribution in [0.2, 0.25) is 0 Å². The minimum atomic E-state index is -0.251. The predicted octanol–water partition coefficient (Wildman–Crippen LogP) is 4.10. The molecule has 29 heavy (non-hydrogen) atoms. The average molecular weight is 407 g/mol. The maximum atomic E-state index is 12.7. The molecule has 0 unspecified atom stereocenters. The second-order valence-corrected chi connectivity index (χ2v) is 8.08. The number of nitrogens with zero attached hydrogens (tertiary/aromatic N) is 2. The van der Waals surface area contributed by atoms with E-state index in [1.54, 1.807) is 11.3 Å². The second kappa shape index (κ2) is 7.67. The summed E-state index contributed by atoms with van der Waals surface area (Å²) in [6.07, 6.45) is 0. The van der Waals surface area contributed by atoms with Crippen LogP contribution in [0.25, 0.3) is 11.3 Å². The average Bonchev–Trinajstić information content (AvgIpc) is 3.13. The third-order valence-corrected chi connectivity index (χ3v) is 5.64. The second-order valence-electron chi connectivity index (χ2n) is 7.02. The zero-order valence-corrected chi connectivity index (χ0v) is 17.3. The Morgan fingerprint density at radius 3 is 2.66 bits per heavy atom. The van der Waals surface area contributed by atoms with Crippen LogP contribution in [-0.2, 0) is 9.59 Å². The molecule has 0 spiro atoms. The first kappa shape index (κ1) is 19.1. The van der Waals surface area contributed by atoms with E-state index < -0.39 is 0 Å². The van der Waals surface area contributed by atoms with Gasteiger partial charge < -0.3 is 10.1 Å². The Morgan fingerprint density at radius 2 is 1.97 bits per heavy atom. The number of benzene rings is 2. The highest BCUT2D eigenvalue weighted by molar-refractivity contribution is 7.09. The van der Waals surface area contributed by atoms with Gasteiger partial charge in [-0.15, -0.1) is 11.3 Å². The smallest absolute Gasteiger partial charge is 0.265 e. The molecule has 0 saturated carbocycles. The van der Waals surface area contributed by atoms with Crippen molar-refractivity contribution >= 4 is 34.5 Å². The third-order valence-electron chi connectivity index (χ3n) is 4.86. The van der Waals surface area contributed by atoms with Crippen LogP contribution < -0.4 is 15.0 Å². The van der Waals surface area contributed by atoms with Crippen molar-refractivity contribution in [3.05, 3.63) is 57.9 Å². The lowest BCUT2D eigenvalue weighted by Gasteiger charge is -2.29. The van der Waals surface area contributed by atoms with Gasteiger partial charge in [-0.05, 0) is 50.1 Å². The Labute approximate surface area is 173 Å². The van der Waals surface area contributed by atoms with Gasteiger partial charge in [0.1, 0.15) is 12.3 Å². The number of fused-ring (bicyclic) bond motifs is 1. The monoisotopic (exact) mass is 407 g/mol. The van der Waals surface area contributed by atoms with Crippen molar-refractivity contribution in [2.24, 2.45) is 0 Å². The van der Waals surface area contributed by atoms with E-state index in [-0.39, 0.29) is 25.0 Å². The van der Waals surface area contributed by atoms with E-state index in [2.05, 4.69) is 10.3 Å². The summed E-state index contributed by atoms with van der Waals surface area (Å²) in [6, 6.07) is 11.4. The number of nitrogens with one attached hydrogen (secondary N) is 1. The van der Waals surface area contributed by atoms with Crippen LogP contribution in [0.4, 0.5) is 11.4 Å². The molecular weight excluding hydrogens is 386 g/mol. The molecule has 1 aliphatic rings. The number of hydrogen-bond acceptors (Lipinski definition) is 5. The molecule has 1 aliphatic heterocycles. The fourth-order valence-electron chi connectivity index (χ4n) is 3.36. The molecule has 2 heterocycles. The Hall–Kier alpha value is -3.19. The van der Waals surface area contributed by atoms with Gasteiger partial charge >= 0.3 is 0 Å². The first-order valence-corrected chi connectivity index (χ1v) is 10.2. The molecule has 3 aromatic rings. The molecule has 6 nitrogen and oxygen atoms in total. The highest BCUT2D eigenvalue weighted by Gasteiger charge is 2.28. The van der Waals surface area contributed by atoms with Crippen molar-refractivity contribution in [1.29, 1.82) is 0 Å².